The first-order valence-corrected chi connectivity index (χ1v) is 16.0. The zero-order chi connectivity index (χ0) is 31.2. The Morgan fingerprint density at radius 3 is 1.98 bits per heavy atom. The lowest BCUT2D eigenvalue weighted by Crippen LogP contribution is -2.03. The van der Waals surface area contributed by atoms with E-state index in [-0.39, 0.29) is 5.92 Å². The van der Waals surface area contributed by atoms with Crippen molar-refractivity contribution in [2.75, 3.05) is 0 Å². The Labute approximate surface area is 272 Å². The molecule has 4 nitrogen and oxygen atoms in total. The highest BCUT2D eigenvalue weighted by Crippen LogP contribution is 2.41. The summed E-state index contributed by atoms with van der Waals surface area (Å²) in [6, 6.07) is 48.0. The molecule has 0 saturated carbocycles. The topological polar surface area (TPSA) is 51.8 Å². The number of hydrogen-bond donors (Lipinski definition) is 0. The maximum Gasteiger partial charge on any atom is 0.164 e. The van der Waals surface area contributed by atoms with Gasteiger partial charge in [-0.15, -0.1) is 0 Å². The number of furan rings is 1. The summed E-state index contributed by atoms with van der Waals surface area (Å²) in [7, 11) is 0. The largest absolute Gasteiger partial charge is 0.456 e. The van der Waals surface area contributed by atoms with Gasteiger partial charge in [-0.2, -0.15) is 0 Å². The molecule has 2 aromatic heterocycles. The molecule has 0 N–H and O–H groups in total. The van der Waals surface area contributed by atoms with E-state index in [0.29, 0.717) is 17.5 Å². The Kier molecular flexibility index (Phi) is 6.57. The van der Waals surface area contributed by atoms with Gasteiger partial charge in [0.2, 0.25) is 0 Å². The van der Waals surface area contributed by atoms with E-state index in [1.165, 1.54) is 16.7 Å². The SMILES string of the molecule is C1=CC(c2cc(-c3nc(-c4ccccc4)nc(-c4cccc5ccccc45)n3)c3c(c2)oc2ccccc23)CC=C1c1ccccc1. The number of allylic oxidation sites excluding steroid dienone is 4. The normalized spacial score (nSPS) is 14.6. The molecule has 2 heterocycles. The van der Waals surface area contributed by atoms with Crippen molar-refractivity contribution in [1.82, 2.24) is 15.0 Å². The summed E-state index contributed by atoms with van der Waals surface area (Å²) in [5.74, 6) is 2.09. The molecular weight excluding hydrogens is 574 g/mol. The molecule has 1 unspecified atom stereocenters. The van der Waals surface area contributed by atoms with Crippen LogP contribution in [0.4, 0.5) is 0 Å². The van der Waals surface area contributed by atoms with Crippen LogP contribution in [0.3, 0.4) is 0 Å². The van der Waals surface area contributed by atoms with E-state index >= 15 is 0 Å². The van der Waals surface area contributed by atoms with Crippen molar-refractivity contribution in [3.8, 4) is 34.2 Å². The van der Waals surface area contributed by atoms with Crippen molar-refractivity contribution in [3.05, 3.63) is 169 Å². The molecule has 9 rings (SSSR count). The Morgan fingerprint density at radius 2 is 1.19 bits per heavy atom. The van der Waals surface area contributed by atoms with Gasteiger partial charge < -0.3 is 4.42 Å². The molecule has 0 bridgehead atoms. The van der Waals surface area contributed by atoms with Crippen LogP contribution < -0.4 is 0 Å². The van der Waals surface area contributed by atoms with E-state index in [1.54, 1.807) is 0 Å². The van der Waals surface area contributed by atoms with Crippen LogP contribution in [0.5, 0.6) is 0 Å². The zero-order valence-corrected chi connectivity index (χ0v) is 25.5. The van der Waals surface area contributed by atoms with Crippen molar-refractivity contribution < 1.29 is 4.42 Å². The van der Waals surface area contributed by atoms with E-state index in [1.807, 2.05) is 30.3 Å². The van der Waals surface area contributed by atoms with Gasteiger partial charge in [0.1, 0.15) is 11.2 Å². The Bertz CT molecular complexity index is 2490. The number of benzene rings is 6. The van der Waals surface area contributed by atoms with Crippen molar-refractivity contribution in [2.24, 2.45) is 0 Å². The number of para-hydroxylation sites is 1. The Balaban J connectivity index is 1.26. The van der Waals surface area contributed by atoms with Gasteiger partial charge in [0.25, 0.3) is 0 Å². The minimum absolute atomic E-state index is 0.187. The second kappa shape index (κ2) is 11.3. The van der Waals surface area contributed by atoms with Crippen LogP contribution in [0.2, 0.25) is 0 Å². The van der Waals surface area contributed by atoms with Gasteiger partial charge in [-0.3, -0.25) is 0 Å². The van der Waals surface area contributed by atoms with Crippen LogP contribution in [-0.4, -0.2) is 15.0 Å². The fourth-order valence-corrected chi connectivity index (χ4v) is 6.73. The molecule has 0 radical (unpaired) electrons. The van der Waals surface area contributed by atoms with Gasteiger partial charge in [0, 0.05) is 33.4 Å². The maximum absolute atomic E-state index is 6.51. The van der Waals surface area contributed by atoms with Crippen LogP contribution in [0.15, 0.2) is 162 Å². The molecule has 6 aromatic carbocycles. The first-order valence-electron chi connectivity index (χ1n) is 16.0. The summed E-state index contributed by atoms with van der Waals surface area (Å²) in [4.78, 5) is 15.5. The Morgan fingerprint density at radius 1 is 0.532 bits per heavy atom. The van der Waals surface area contributed by atoms with Crippen molar-refractivity contribution in [3.63, 3.8) is 0 Å². The minimum atomic E-state index is 0.187. The number of nitrogens with zero attached hydrogens (tertiary/aromatic N) is 3. The van der Waals surface area contributed by atoms with Gasteiger partial charge in [-0.1, -0.05) is 140 Å². The third-order valence-corrected chi connectivity index (χ3v) is 9.07. The van der Waals surface area contributed by atoms with Crippen LogP contribution in [0, 0.1) is 0 Å². The van der Waals surface area contributed by atoms with E-state index in [4.69, 9.17) is 19.4 Å². The predicted molar refractivity (Wildman–Crippen MR) is 192 cm³/mol. The lowest BCUT2D eigenvalue weighted by molar-refractivity contribution is 0.667. The van der Waals surface area contributed by atoms with E-state index < -0.39 is 0 Å². The third-order valence-electron chi connectivity index (χ3n) is 9.07. The average Bonchev–Trinajstić information content (AvgIpc) is 3.53. The van der Waals surface area contributed by atoms with Crippen molar-refractivity contribution in [2.45, 2.75) is 12.3 Å². The van der Waals surface area contributed by atoms with E-state index in [0.717, 1.165) is 55.8 Å². The third kappa shape index (κ3) is 4.91. The first kappa shape index (κ1) is 27.2. The highest BCUT2D eigenvalue weighted by atomic mass is 16.3. The van der Waals surface area contributed by atoms with Crippen molar-refractivity contribution >= 4 is 38.3 Å². The first-order chi connectivity index (χ1) is 23.3. The molecule has 1 aliphatic carbocycles. The Hall–Kier alpha value is -6.13. The lowest BCUT2D eigenvalue weighted by atomic mass is 9.86. The number of fused-ring (bicyclic) bond motifs is 4. The quantitative estimate of drug-likeness (QED) is 0.196. The highest BCUT2D eigenvalue weighted by molar-refractivity contribution is 6.12. The monoisotopic (exact) mass is 603 g/mol. The van der Waals surface area contributed by atoms with E-state index in [9.17, 15) is 0 Å². The minimum Gasteiger partial charge on any atom is -0.456 e. The summed E-state index contributed by atoms with van der Waals surface area (Å²) in [5.41, 5.74) is 8.18. The molecular formula is C43H29N3O. The van der Waals surface area contributed by atoms with Crippen LogP contribution in [0.1, 0.15) is 23.5 Å². The van der Waals surface area contributed by atoms with Gasteiger partial charge in [0.05, 0.1) is 0 Å². The second-order valence-corrected chi connectivity index (χ2v) is 12.0. The molecule has 0 fully saturated rings. The molecule has 0 spiro atoms. The summed E-state index contributed by atoms with van der Waals surface area (Å²) < 4.78 is 6.51. The smallest absolute Gasteiger partial charge is 0.164 e. The highest BCUT2D eigenvalue weighted by Gasteiger charge is 2.22. The number of aromatic nitrogens is 3. The van der Waals surface area contributed by atoms with Crippen molar-refractivity contribution in [1.29, 1.82) is 0 Å². The molecule has 8 aromatic rings. The summed E-state index contributed by atoms with van der Waals surface area (Å²) in [5, 5.41) is 4.30. The molecule has 0 saturated heterocycles. The molecule has 47 heavy (non-hydrogen) atoms. The fourth-order valence-electron chi connectivity index (χ4n) is 6.73. The van der Waals surface area contributed by atoms with Crippen LogP contribution in [-0.2, 0) is 0 Å². The molecule has 0 amide bonds. The predicted octanol–water partition coefficient (Wildman–Crippen LogP) is 11.1. The molecule has 1 atom stereocenters. The average molecular weight is 604 g/mol. The molecule has 4 heteroatoms. The van der Waals surface area contributed by atoms with Crippen LogP contribution in [0.25, 0.3) is 72.4 Å². The lowest BCUT2D eigenvalue weighted by Gasteiger charge is -2.18. The van der Waals surface area contributed by atoms with E-state index in [2.05, 4.69) is 127 Å². The fraction of sp³-hybridized carbons (Fsp3) is 0.0465. The number of rotatable bonds is 5. The molecule has 222 valence electrons. The maximum atomic E-state index is 6.51. The summed E-state index contributed by atoms with van der Waals surface area (Å²) in [6.07, 6.45) is 7.76. The summed E-state index contributed by atoms with van der Waals surface area (Å²) in [6.45, 7) is 0. The van der Waals surface area contributed by atoms with Crippen LogP contribution >= 0.6 is 0 Å². The summed E-state index contributed by atoms with van der Waals surface area (Å²) >= 11 is 0. The standard InChI is InChI=1S/C43H29N3O/c1-3-12-28(13-4-1)29-22-24-30(25-23-29)33-26-37(40-36-19-9-10-21-38(36)47-39(40)27-33)43-45-41(32-15-5-2-6-16-32)44-42(46-43)35-20-11-17-31-14-7-8-18-34(31)35/h1-24,26-27,30H,25H2. The van der Waals surface area contributed by atoms with Gasteiger partial charge in [0.15, 0.2) is 17.5 Å². The molecule has 1 aliphatic rings. The molecule has 0 aliphatic heterocycles. The zero-order valence-electron chi connectivity index (χ0n) is 25.5. The van der Waals surface area contributed by atoms with Gasteiger partial charge in [-0.05, 0) is 52.1 Å². The van der Waals surface area contributed by atoms with Gasteiger partial charge in [-0.25, -0.2) is 15.0 Å². The second-order valence-electron chi connectivity index (χ2n) is 12.0. The number of hydrogen-bond acceptors (Lipinski definition) is 4. The van der Waals surface area contributed by atoms with Gasteiger partial charge >= 0.3 is 0 Å².